The van der Waals surface area contributed by atoms with E-state index in [2.05, 4.69) is 10.1 Å². The molecular weight excluding hydrogens is 216 g/mol. The van der Waals surface area contributed by atoms with E-state index in [0.717, 1.165) is 0 Å². The van der Waals surface area contributed by atoms with Gasteiger partial charge in [0.2, 0.25) is 0 Å². The van der Waals surface area contributed by atoms with Gasteiger partial charge >= 0.3 is 0 Å². The molecular formula is C3H3BIN3. The summed E-state index contributed by atoms with van der Waals surface area (Å²) in [5.74, 6) is 0.705. The maximum Gasteiger partial charge on any atom is 0.171 e. The number of nitrogens with zero attached hydrogens (tertiary/aromatic N) is 3. The minimum Gasteiger partial charge on any atom is -0.228 e. The number of rotatable bonds is 0. The number of hydrogen-bond acceptors (Lipinski definition) is 2. The molecule has 0 fully saturated rings. The van der Waals surface area contributed by atoms with Crippen molar-refractivity contribution in [2.24, 2.45) is 0 Å². The van der Waals surface area contributed by atoms with Crippen molar-refractivity contribution in [3.05, 3.63) is 5.82 Å². The van der Waals surface area contributed by atoms with Gasteiger partial charge in [-0.2, -0.15) is 2.90 Å². The smallest absolute Gasteiger partial charge is 0.171 e. The van der Waals surface area contributed by atoms with Gasteiger partial charge in [0.25, 0.3) is 0 Å². The lowest BCUT2D eigenvalue weighted by Gasteiger charge is -1.81. The summed E-state index contributed by atoms with van der Waals surface area (Å²) in [6.45, 7) is 1.80. The van der Waals surface area contributed by atoms with Crippen molar-refractivity contribution in [1.29, 1.82) is 0 Å². The van der Waals surface area contributed by atoms with E-state index < -0.39 is 0 Å². The van der Waals surface area contributed by atoms with Gasteiger partial charge in [-0.15, -0.1) is 5.10 Å². The zero-order valence-corrected chi connectivity index (χ0v) is 6.45. The molecule has 0 aliphatic heterocycles. The normalized spacial score (nSPS) is 9.75. The zero-order valence-electron chi connectivity index (χ0n) is 4.30. The molecule has 40 valence electrons. The Morgan fingerprint density at radius 2 is 2.38 bits per heavy atom. The minimum atomic E-state index is 0.447. The highest BCUT2D eigenvalue weighted by Gasteiger charge is 1.94. The average molecular weight is 219 g/mol. The third-order valence-electron chi connectivity index (χ3n) is 0.698. The second kappa shape index (κ2) is 2.04. The lowest BCUT2D eigenvalue weighted by atomic mass is 10.1. The van der Waals surface area contributed by atoms with Gasteiger partial charge in [0.05, 0.1) is 28.6 Å². The molecule has 0 atom stereocenters. The van der Waals surface area contributed by atoms with Gasteiger partial charge in [-0.25, -0.2) is 4.98 Å². The molecule has 8 heavy (non-hydrogen) atoms. The van der Waals surface area contributed by atoms with Crippen LogP contribution < -0.4 is 5.72 Å². The van der Waals surface area contributed by atoms with Gasteiger partial charge in [-0.1, -0.05) is 0 Å². The quantitative estimate of drug-likeness (QED) is 0.438. The summed E-state index contributed by atoms with van der Waals surface area (Å²) in [6.07, 6.45) is 0. The van der Waals surface area contributed by atoms with Gasteiger partial charge in [-0.3, -0.25) is 0 Å². The molecule has 0 saturated heterocycles. The third kappa shape index (κ3) is 1.01. The molecule has 0 saturated carbocycles. The van der Waals surface area contributed by atoms with Crippen LogP contribution in [0.5, 0.6) is 0 Å². The summed E-state index contributed by atoms with van der Waals surface area (Å²) in [5, 5.41) is 3.88. The number of aryl methyl sites for hydroxylation is 1. The van der Waals surface area contributed by atoms with E-state index in [4.69, 9.17) is 7.85 Å². The van der Waals surface area contributed by atoms with Gasteiger partial charge in [-0.05, 0) is 6.92 Å². The van der Waals surface area contributed by atoms with Crippen LogP contribution in [0, 0.1) is 6.92 Å². The predicted molar refractivity (Wildman–Crippen MR) is 39.6 cm³/mol. The van der Waals surface area contributed by atoms with E-state index in [1.807, 2.05) is 22.9 Å². The van der Waals surface area contributed by atoms with E-state index in [0.29, 0.717) is 11.5 Å². The van der Waals surface area contributed by atoms with Crippen LogP contribution in [-0.4, -0.2) is 20.8 Å². The largest absolute Gasteiger partial charge is 0.228 e. The van der Waals surface area contributed by atoms with E-state index in [1.165, 1.54) is 2.90 Å². The molecule has 1 aromatic heterocycles. The fraction of sp³-hybridized carbons (Fsp3) is 0.333. The van der Waals surface area contributed by atoms with E-state index in [-0.39, 0.29) is 0 Å². The lowest BCUT2D eigenvalue weighted by molar-refractivity contribution is 1.02. The average Bonchev–Trinajstić information content (AvgIpc) is 1.85. The molecule has 0 N–H and O–H groups in total. The van der Waals surface area contributed by atoms with E-state index in [9.17, 15) is 0 Å². The Kier molecular flexibility index (Phi) is 1.55. The van der Waals surface area contributed by atoms with Crippen LogP contribution in [0.2, 0.25) is 0 Å². The minimum absolute atomic E-state index is 0.447. The first-order valence-corrected chi connectivity index (χ1v) is 3.02. The fourth-order valence-electron chi connectivity index (χ4n) is 0.408. The Hall–Kier alpha value is -0.0651. The van der Waals surface area contributed by atoms with Gasteiger partial charge in [0.15, 0.2) is 7.85 Å². The summed E-state index contributed by atoms with van der Waals surface area (Å²) in [5.41, 5.74) is 0.447. The van der Waals surface area contributed by atoms with Crippen molar-refractivity contribution in [1.82, 2.24) is 13.0 Å². The fourth-order valence-corrected chi connectivity index (χ4v) is 0.828. The highest BCUT2D eigenvalue weighted by atomic mass is 127. The summed E-state index contributed by atoms with van der Waals surface area (Å²) in [6, 6.07) is 0. The second-order valence-corrected chi connectivity index (χ2v) is 2.29. The Morgan fingerprint density at radius 3 is 2.50 bits per heavy atom. The Morgan fingerprint density at radius 1 is 1.75 bits per heavy atom. The highest BCUT2D eigenvalue weighted by Crippen LogP contribution is 1.86. The number of hydrogen-bond donors (Lipinski definition) is 0. The SMILES string of the molecule is [B]c1nc(C)nn1I. The topological polar surface area (TPSA) is 30.7 Å². The molecule has 0 bridgehead atoms. The Labute approximate surface area is 62.4 Å². The summed E-state index contributed by atoms with van der Waals surface area (Å²) >= 11 is 1.96. The summed E-state index contributed by atoms with van der Waals surface area (Å²) in [7, 11) is 5.32. The molecule has 0 aromatic carbocycles. The monoisotopic (exact) mass is 219 g/mol. The first-order chi connectivity index (χ1) is 3.70. The molecule has 5 heteroatoms. The van der Waals surface area contributed by atoms with Gasteiger partial charge in [0, 0.05) is 0 Å². The molecule has 1 heterocycles. The van der Waals surface area contributed by atoms with Crippen LogP contribution >= 0.6 is 22.9 Å². The van der Waals surface area contributed by atoms with Crippen LogP contribution in [0.3, 0.4) is 0 Å². The van der Waals surface area contributed by atoms with Crippen LogP contribution in [-0.2, 0) is 0 Å². The molecule has 0 aliphatic carbocycles. The Bertz CT molecular complexity index is 177. The van der Waals surface area contributed by atoms with Crippen LogP contribution in [0.1, 0.15) is 5.82 Å². The highest BCUT2D eigenvalue weighted by molar-refractivity contribution is 14.1. The van der Waals surface area contributed by atoms with Crippen LogP contribution in [0.25, 0.3) is 0 Å². The molecule has 0 unspecified atom stereocenters. The lowest BCUT2D eigenvalue weighted by Crippen LogP contribution is -2.11. The molecule has 0 spiro atoms. The van der Waals surface area contributed by atoms with E-state index >= 15 is 0 Å². The Balaban J connectivity index is 3.14. The predicted octanol–water partition coefficient (Wildman–Crippen LogP) is -0.422. The zero-order chi connectivity index (χ0) is 6.15. The molecule has 2 radical (unpaired) electrons. The summed E-state index contributed by atoms with van der Waals surface area (Å²) in [4.78, 5) is 3.83. The molecule has 1 aromatic rings. The van der Waals surface area contributed by atoms with Gasteiger partial charge in [0.1, 0.15) is 5.82 Å². The summed E-state index contributed by atoms with van der Waals surface area (Å²) < 4.78 is 1.51. The van der Waals surface area contributed by atoms with Crippen molar-refractivity contribution in [2.45, 2.75) is 6.92 Å². The molecule has 3 nitrogen and oxygen atoms in total. The maximum atomic E-state index is 5.32. The van der Waals surface area contributed by atoms with Crippen molar-refractivity contribution in [3.63, 3.8) is 0 Å². The second-order valence-electron chi connectivity index (χ2n) is 1.38. The maximum absolute atomic E-state index is 5.32. The van der Waals surface area contributed by atoms with Gasteiger partial charge < -0.3 is 0 Å². The number of halogens is 1. The number of aromatic nitrogens is 3. The van der Waals surface area contributed by atoms with Crippen LogP contribution in [0.15, 0.2) is 0 Å². The third-order valence-corrected chi connectivity index (χ3v) is 1.41. The van der Waals surface area contributed by atoms with Crippen molar-refractivity contribution in [2.75, 3.05) is 0 Å². The molecule has 0 amide bonds. The van der Waals surface area contributed by atoms with E-state index in [1.54, 1.807) is 6.92 Å². The van der Waals surface area contributed by atoms with Crippen molar-refractivity contribution >= 4 is 36.4 Å². The molecule has 0 aliphatic rings. The standard InChI is InChI=1S/C3H3BIN3/c1-2-6-3(4)8(5)7-2/h1H3. The van der Waals surface area contributed by atoms with Crippen molar-refractivity contribution < 1.29 is 0 Å². The molecule has 1 rings (SSSR count). The first-order valence-electron chi connectivity index (χ1n) is 2.05. The van der Waals surface area contributed by atoms with Crippen LogP contribution in [0.4, 0.5) is 0 Å². The first kappa shape index (κ1) is 6.06. The van der Waals surface area contributed by atoms with Crippen molar-refractivity contribution in [3.8, 4) is 0 Å².